The second-order valence-electron chi connectivity index (χ2n) is 9.70. The fraction of sp³-hybridized carbons (Fsp3) is 0.393. The molecule has 0 spiro atoms. The second kappa shape index (κ2) is 9.34. The Bertz CT molecular complexity index is 1180. The quantitative estimate of drug-likeness (QED) is 0.482. The number of rotatable bonds is 6. The molecular formula is C28H32N2O3. The Morgan fingerprint density at radius 2 is 1.85 bits per heavy atom. The normalized spacial score (nSPS) is 15.7. The molecule has 172 valence electrons. The van der Waals surface area contributed by atoms with Crippen LogP contribution in [0.25, 0.3) is 10.9 Å². The van der Waals surface area contributed by atoms with Gasteiger partial charge in [-0.2, -0.15) is 0 Å². The minimum atomic E-state index is -0.459. The van der Waals surface area contributed by atoms with Gasteiger partial charge in [-0.05, 0) is 61.3 Å². The van der Waals surface area contributed by atoms with Crippen LogP contribution in [0.2, 0.25) is 0 Å². The highest BCUT2D eigenvalue weighted by Gasteiger charge is 2.34. The lowest BCUT2D eigenvalue weighted by atomic mass is 9.68. The molecule has 1 aliphatic carbocycles. The topological polar surface area (TPSA) is 68.3 Å². The van der Waals surface area contributed by atoms with Crippen LogP contribution in [-0.2, 0) is 22.4 Å². The minimum Gasteiger partial charge on any atom is -0.452 e. The van der Waals surface area contributed by atoms with E-state index in [4.69, 9.17) is 9.72 Å². The van der Waals surface area contributed by atoms with Gasteiger partial charge in [0.2, 0.25) is 0 Å². The molecule has 0 aliphatic heterocycles. The molecule has 5 heteroatoms. The van der Waals surface area contributed by atoms with Gasteiger partial charge in [-0.25, -0.2) is 4.79 Å². The molecule has 0 saturated carbocycles. The standard InChI is InChI=1S/C28H32N2O3/c1-5-28(3,4)19-12-15-24-22(16-19)26(21-8-6-7-9-23(21)30-24)27(32)33-17-25(31)29-20-13-10-18(2)11-14-20/h6-11,13-14,19H,5,12,15-17H2,1-4H3,(H,29,31). The molecule has 33 heavy (non-hydrogen) atoms. The zero-order valence-electron chi connectivity index (χ0n) is 19.9. The number of hydrogen-bond donors (Lipinski definition) is 1. The number of amides is 1. The first-order valence-electron chi connectivity index (χ1n) is 11.7. The highest BCUT2D eigenvalue weighted by Crippen LogP contribution is 2.41. The van der Waals surface area contributed by atoms with Gasteiger partial charge in [0.1, 0.15) is 0 Å². The largest absolute Gasteiger partial charge is 0.452 e. The summed E-state index contributed by atoms with van der Waals surface area (Å²) in [6.07, 6.45) is 3.79. The Labute approximate surface area is 195 Å². The number of fused-ring (bicyclic) bond motifs is 2. The van der Waals surface area contributed by atoms with Crippen LogP contribution in [0.5, 0.6) is 0 Å². The van der Waals surface area contributed by atoms with E-state index in [9.17, 15) is 9.59 Å². The number of anilines is 1. The molecule has 1 N–H and O–H groups in total. The number of aromatic nitrogens is 1. The van der Waals surface area contributed by atoms with Crippen LogP contribution in [0.1, 0.15) is 60.8 Å². The lowest BCUT2D eigenvalue weighted by Gasteiger charge is -2.37. The molecular weight excluding hydrogens is 412 g/mol. The number of para-hydroxylation sites is 1. The summed E-state index contributed by atoms with van der Waals surface area (Å²) in [6, 6.07) is 15.2. The van der Waals surface area contributed by atoms with Gasteiger partial charge in [0, 0.05) is 16.8 Å². The van der Waals surface area contributed by atoms with Crippen molar-refractivity contribution in [1.82, 2.24) is 4.98 Å². The van der Waals surface area contributed by atoms with Crippen molar-refractivity contribution < 1.29 is 14.3 Å². The molecule has 0 radical (unpaired) electrons. The average molecular weight is 445 g/mol. The van der Waals surface area contributed by atoms with Crippen LogP contribution in [0, 0.1) is 18.3 Å². The Morgan fingerprint density at radius 1 is 1.12 bits per heavy atom. The molecule has 1 aliphatic rings. The van der Waals surface area contributed by atoms with Crippen molar-refractivity contribution >= 4 is 28.5 Å². The molecule has 0 saturated heterocycles. The van der Waals surface area contributed by atoms with Crippen LogP contribution in [0.3, 0.4) is 0 Å². The number of hydrogen-bond acceptors (Lipinski definition) is 4. The summed E-state index contributed by atoms with van der Waals surface area (Å²) in [5, 5.41) is 3.57. The number of ether oxygens (including phenoxy) is 1. The van der Waals surface area contributed by atoms with Gasteiger partial charge >= 0.3 is 5.97 Å². The van der Waals surface area contributed by atoms with Crippen LogP contribution >= 0.6 is 0 Å². The summed E-state index contributed by atoms with van der Waals surface area (Å²) >= 11 is 0. The van der Waals surface area contributed by atoms with Gasteiger partial charge in [-0.1, -0.05) is 63.1 Å². The predicted molar refractivity (Wildman–Crippen MR) is 131 cm³/mol. The Balaban J connectivity index is 1.59. The third kappa shape index (κ3) is 4.92. The first-order valence-corrected chi connectivity index (χ1v) is 11.7. The van der Waals surface area contributed by atoms with Crippen molar-refractivity contribution in [2.45, 2.75) is 53.4 Å². The van der Waals surface area contributed by atoms with Crippen LogP contribution in [0.15, 0.2) is 48.5 Å². The second-order valence-corrected chi connectivity index (χ2v) is 9.70. The maximum atomic E-state index is 13.3. The molecule has 2 aromatic carbocycles. The SMILES string of the molecule is CCC(C)(C)C1CCc2nc3ccccc3c(C(=O)OCC(=O)Nc3ccc(C)cc3)c2C1. The fourth-order valence-electron chi connectivity index (χ4n) is 4.61. The summed E-state index contributed by atoms with van der Waals surface area (Å²) in [5.74, 6) is -0.349. The van der Waals surface area contributed by atoms with Gasteiger partial charge in [0.25, 0.3) is 5.91 Å². The minimum absolute atomic E-state index is 0.179. The zero-order valence-corrected chi connectivity index (χ0v) is 19.9. The van der Waals surface area contributed by atoms with E-state index >= 15 is 0 Å². The van der Waals surface area contributed by atoms with Gasteiger partial charge in [0.05, 0.1) is 11.1 Å². The third-order valence-electron chi connectivity index (χ3n) is 7.15. The first-order chi connectivity index (χ1) is 15.8. The molecule has 1 amide bonds. The number of esters is 1. The number of carbonyl (C=O) groups is 2. The number of carbonyl (C=O) groups excluding carboxylic acids is 2. The predicted octanol–water partition coefficient (Wildman–Crippen LogP) is 5.88. The van der Waals surface area contributed by atoms with Gasteiger partial charge < -0.3 is 10.1 Å². The van der Waals surface area contributed by atoms with Crippen LogP contribution in [0.4, 0.5) is 5.69 Å². The van der Waals surface area contributed by atoms with Crippen molar-refractivity contribution in [2.75, 3.05) is 11.9 Å². The molecule has 0 fully saturated rings. The average Bonchev–Trinajstić information content (AvgIpc) is 2.82. The van der Waals surface area contributed by atoms with Gasteiger partial charge in [-0.3, -0.25) is 9.78 Å². The highest BCUT2D eigenvalue weighted by molar-refractivity contribution is 6.06. The number of nitrogens with zero attached hydrogens (tertiary/aromatic N) is 1. The molecule has 1 heterocycles. The molecule has 1 atom stereocenters. The fourth-order valence-corrected chi connectivity index (χ4v) is 4.61. The molecule has 5 nitrogen and oxygen atoms in total. The number of nitrogens with one attached hydrogen (secondary N) is 1. The van der Waals surface area contributed by atoms with Gasteiger partial charge in [-0.15, -0.1) is 0 Å². The van der Waals surface area contributed by atoms with E-state index in [0.29, 0.717) is 17.2 Å². The Kier molecular flexibility index (Phi) is 6.50. The van der Waals surface area contributed by atoms with E-state index in [1.54, 1.807) is 0 Å². The van der Waals surface area contributed by atoms with E-state index in [-0.39, 0.29) is 17.9 Å². The lowest BCUT2D eigenvalue weighted by molar-refractivity contribution is -0.119. The van der Waals surface area contributed by atoms with E-state index in [0.717, 1.165) is 53.4 Å². The van der Waals surface area contributed by atoms with Crippen molar-refractivity contribution in [2.24, 2.45) is 11.3 Å². The van der Waals surface area contributed by atoms with E-state index in [1.165, 1.54) is 0 Å². The number of aryl methyl sites for hydroxylation is 2. The number of pyridine rings is 1. The van der Waals surface area contributed by atoms with Crippen LogP contribution < -0.4 is 5.32 Å². The highest BCUT2D eigenvalue weighted by atomic mass is 16.5. The summed E-state index contributed by atoms with van der Waals surface area (Å²) in [5.41, 5.74) is 5.29. The van der Waals surface area contributed by atoms with Crippen molar-refractivity contribution in [3.8, 4) is 0 Å². The Morgan fingerprint density at radius 3 is 2.58 bits per heavy atom. The van der Waals surface area contributed by atoms with Gasteiger partial charge in [0.15, 0.2) is 6.61 Å². The van der Waals surface area contributed by atoms with Crippen LogP contribution in [-0.4, -0.2) is 23.5 Å². The lowest BCUT2D eigenvalue weighted by Crippen LogP contribution is -2.31. The molecule has 3 aromatic rings. The first kappa shape index (κ1) is 23.0. The molecule has 1 aromatic heterocycles. The summed E-state index contributed by atoms with van der Waals surface area (Å²) in [4.78, 5) is 30.6. The molecule has 1 unspecified atom stereocenters. The molecule has 4 rings (SSSR count). The summed E-state index contributed by atoms with van der Waals surface area (Å²) in [7, 11) is 0. The van der Waals surface area contributed by atoms with E-state index in [1.807, 2.05) is 55.5 Å². The van der Waals surface area contributed by atoms with Crippen molar-refractivity contribution in [3.63, 3.8) is 0 Å². The Hall–Kier alpha value is -3.21. The smallest absolute Gasteiger partial charge is 0.339 e. The maximum absolute atomic E-state index is 13.3. The van der Waals surface area contributed by atoms with Crippen molar-refractivity contribution in [1.29, 1.82) is 0 Å². The third-order valence-corrected chi connectivity index (χ3v) is 7.15. The van der Waals surface area contributed by atoms with E-state index < -0.39 is 5.97 Å². The number of benzene rings is 2. The zero-order chi connectivity index (χ0) is 23.6. The van der Waals surface area contributed by atoms with Crippen molar-refractivity contribution in [3.05, 3.63) is 70.9 Å². The maximum Gasteiger partial charge on any atom is 0.339 e. The summed E-state index contributed by atoms with van der Waals surface area (Å²) < 4.78 is 5.53. The monoisotopic (exact) mass is 444 g/mol. The summed E-state index contributed by atoms with van der Waals surface area (Å²) in [6.45, 7) is 8.46. The van der Waals surface area contributed by atoms with E-state index in [2.05, 4.69) is 26.1 Å². The molecule has 0 bridgehead atoms.